The van der Waals surface area contributed by atoms with E-state index >= 15 is 0 Å². The van der Waals surface area contributed by atoms with Gasteiger partial charge < -0.3 is 4.90 Å². The fraction of sp³-hybridized carbons (Fsp3) is 0.0968. The lowest BCUT2D eigenvalue weighted by Gasteiger charge is -2.34. The smallest absolute Gasteiger partial charge is 0.0713 e. The number of nitrogens with zero attached hydrogens (tertiary/aromatic N) is 1. The summed E-state index contributed by atoms with van der Waals surface area (Å²) in [7, 11) is 0. The zero-order valence-electron chi connectivity index (χ0n) is 35.9. The van der Waals surface area contributed by atoms with Crippen LogP contribution in [-0.2, 0) is 10.8 Å². The van der Waals surface area contributed by atoms with Gasteiger partial charge in [0.25, 0.3) is 0 Å². The van der Waals surface area contributed by atoms with Crippen LogP contribution in [0.4, 0.5) is 17.1 Å². The summed E-state index contributed by atoms with van der Waals surface area (Å²) in [6.07, 6.45) is 6.62. The van der Waals surface area contributed by atoms with Crippen LogP contribution in [0, 0.1) is 0 Å². The Bertz CT molecular complexity index is 3030. The third-order valence-corrected chi connectivity index (χ3v) is 14.0. The number of anilines is 3. The van der Waals surface area contributed by atoms with Gasteiger partial charge in [-0.2, -0.15) is 0 Å². The van der Waals surface area contributed by atoms with Crippen LogP contribution in [0.1, 0.15) is 71.2 Å². The zero-order valence-corrected chi connectivity index (χ0v) is 35.9. The van der Waals surface area contributed by atoms with E-state index < -0.39 is 5.41 Å². The number of rotatable bonds is 10. The van der Waals surface area contributed by atoms with Crippen molar-refractivity contribution in [3.05, 3.63) is 269 Å². The van der Waals surface area contributed by atoms with Crippen LogP contribution in [0.25, 0.3) is 45.5 Å². The molecule has 0 N–H and O–H groups in total. The second-order valence-electron chi connectivity index (χ2n) is 17.0. The van der Waals surface area contributed by atoms with E-state index in [2.05, 4.69) is 255 Å². The summed E-state index contributed by atoms with van der Waals surface area (Å²) in [4.78, 5) is 2.38. The van der Waals surface area contributed by atoms with Crippen molar-refractivity contribution in [2.75, 3.05) is 4.90 Å². The first-order valence-electron chi connectivity index (χ1n) is 22.5. The summed E-state index contributed by atoms with van der Waals surface area (Å²) in [5.74, 6) is 0. The molecule has 0 spiro atoms. The SMILES string of the molecule is CCC1(CC)c2cc(/C=C/c3ccc(-c4cccc5c4-c4ccccc4C5(c4ccccc4)c4ccccc4)cc3)ccc2-c2ccc(N(c3ccccc3)c3ccccc3)cc21. The van der Waals surface area contributed by atoms with E-state index in [1.54, 1.807) is 0 Å². The van der Waals surface area contributed by atoms with Crippen LogP contribution in [0.2, 0.25) is 0 Å². The summed E-state index contributed by atoms with van der Waals surface area (Å²) in [5.41, 5.74) is 21.3. The van der Waals surface area contributed by atoms with Crippen LogP contribution >= 0.6 is 0 Å². The van der Waals surface area contributed by atoms with Gasteiger partial charge in [-0.25, -0.2) is 0 Å². The molecule has 9 aromatic rings. The van der Waals surface area contributed by atoms with Crippen molar-refractivity contribution < 1.29 is 0 Å². The Labute approximate surface area is 372 Å². The van der Waals surface area contributed by atoms with Crippen LogP contribution in [0.3, 0.4) is 0 Å². The normalized spacial score (nSPS) is 13.9. The molecule has 0 aliphatic heterocycles. The molecule has 0 saturated heterocycles. The van der Waals surface area contributed by atoms with Crippen molar-refractivity contribution in [3.8, 4) is 33.4 Å². The highest BCUT2D eigenvalue weighted by Crippen LogP contribution is 2.58. The maximum Gasteiger partial charge on any atom is 0.0713 e. The van der Waals surface area contributed by atoms with Crippen molar-refractivity contribution in [3.63, 3.8) is 0 Å². The molecule has 9 aromatic carbocycles. The number of hydrogen-bond acceptors (Lipinski definition) is 1. The fourth-order valence-electron chi connectivity index (χ4n) is 11.1. The molecule has 0 radical (unpaired) electrons. The molecule has 1 heteroatoms. The molecule has 0 atom stereocenters. The molecule has 0 heterocycles. The van der Waals surface area contributed by atoms with Gasteiger partial charge >= 0.3 is 0 Å². The first-order valence-corrected chi connectivity index (χ1v) is 22.5. The highest BCUT2D eigenvalue weighted by atomic mass is 15.1. The van der Waals surface area contributed by atoms with Crippen molar-refractivity contribution in [2.24, 2.45) is 0 Å². The lowest BCUT2D eigenvalue weighted by atomic mass is 9.67. The van der Waals surface area contributed by atoms with Gasteiger partial charge in [0.05, 0.1) is 5.41 Å². The van der Waals surface area contributed by atoms with E-state index in [0.29, 0.717) is 0 Å². The molecule has 11 rings (SSSR count). The summed E-state index contributed by atoms with van der Waals surface area (Å²) in [6.45, 7) is 4.71. The summed E-state index contributed by atoms with van der Waals surface area (Å²) < 4.78 is 0. The van der Waals surface area contributed by atoms with Gasteiger partial charge in [-0.3, -0.25) is 0 Å². The molecule has 302 valence electrons. The molecule has 0 bridgehead atoms. The maximum atomic E-state index is 2.46. The Hall–Kier alpha value is -7.48. The summed E-state index contributed by atoms with van der Waals surface area (Å²) in [5, 5.41) is 0. The molecule has 0 unspecified atom stereocenters. The zero-order chi connectivity index (χ0) is 42.4. The number of fused-ring (bicyclic) bond motifs is 6. The maximum absolute atomic E-state index is 2.46. The van der Waals surface area contributed by atoms with Crippen LogP contribution < -0.4 is 4.90 Å². The molecular weight excluding hydrogens is 759 g/mol. The highest BCUT2D eigenvalue weighted by molar-refractivity contribution is 5.96. The van der Waals surface area contributed by atoms with Gasteiger partial charge in [-0.1, -0.05) is 214 Å². The molecule has 1 nitrogen and oxygen atoms in total. The molecule has 0 saturated carbocycles. The quantitative estimate of drug-likeness (QED) is 0.124. The van der Waals surface area contributed by atoms with Crippen molar-refractivity contribution in [1.29, 1.82) is 0 Å². The van der Waals surface area contributed by atoms with Gasteiger partial charge in [0.2, 0.25) is 0 Å². The van der Waals surface area contributed by atoms with Crippen LogP contribution in [-0.4, -0.2) is 0 Å². The third-order valence-electron chi connectivity index (χ3n) is 14.0. The molecular formula is C62H49N. The molecule has 0 aromatic heterocycles. The van der Waals surface area contributed by atoms with Gasteiger partial charge in [0.1, 0.15) is 0 Å². The standard InChI is InChI=1S/C62H49N/c1-3-61(4-2)58-42-45(36-40-53(58)54-41-39-51(43-59(54)61)63(49-24-13-7-14-25-49)50-26-15-8-16-27-50)33-32-44-34-37-46(38-35-44)52-29-19-31-57-60(52)55-28-17-18-30-56(55)62(57,47-20-9-5-10-21-47)48-22-11-6-12-23-48/h5-43H,3-4H2,1-2H3/b33-32+. The lowest BCUT2D eigenvalue weighted by Crippen LogP contribution is -2.28. The minimum atomic E-state index is -0.412. The Morgan fingerprint density at radius 1 is 0.365 bits per heavy atom. The Kier molecular flexibility index (Phi) is 9.62. The molecule has 2 aliphatic rings. The predicted molar refractivity (Wildman–Crippen MR) is 266 cm³/mol. The highest BCUT2D eigenvalue weighted by Gasteiger charge is 2.47. The van der Waals surface area contributed by atoms with E-state index in [4.69, 9.17) is 0 Å². The average molecular weight is 808 g/mol. The minimum absolute atomic E-state index is 0.0710. The first kappa shape index (κ1) is 38.4. The topological polar surface area (TPSA) is 3.24 Å². The van der Waals surface area contributed by atoms with E-state index in [1.165, 1.54) is 83.6 Å². The van der Waals surface area contributed by atoms with Crippen LogP contribution in [0.15, 0.2) is 224 Å². The number of benzene rings is 9. The second kappa shape index (κ2) is 15.8. The van der Waals surface area contributed by atoms with Crippen LogP contribution in [0.5, 0.6) is 0 Å². The van der Waals surface area contributed by atoms with Crippen molar-refractivity contribution in [2.45, 2.75) is 37.5 Å². The average Bonchev–Trinajstić information content (AvgIpc) is 3.82. The largest absolute Gasteiger partial charge is 0.310 e. The van der Waals surface area contributed by atoms with Gasteiger partial charge in [0.15, 0.2) is 0 Å². The van der Waals surface area contributed by atoms with Crippen molar-refractivity contribution in [1.82, 2.24) is 0 Å². The van der Waals surface area contributed by atoms with Gasteiger partial charge in [0, 0.05) is 22.5 Å². The molecule has 63 heavy (non-hydrogen) atoms. The summed E-state index contributed by atoms with van der Waals surface area (Å²) >= 11 is 0. The predicted octanol–water partition coefficient (Wildman–Crippen LogP) is 16.4. The minimum Gasteiger partial charge on any atom is -0.310 e. The van der Waals surface area contributed by atoms with E-state index in [-0.39, 0.29) is 5.41 Å². The number of para-hydroxylation sites is 2. The van der Waals surface area contributed by atoms with E-state index in [0.717, 1.165) is 24.2 Å². The molecule has 2 aliphatic carbocycles. The molecule has 0 fully saturated rings. The Morgan fingerprint density at radius 2 is 0.857 bits per heavy atom. The van der Waals surface area contributed by atoms with Crippen molar-refractivity contribution >= 4 is 29.2 Å². The third kappa shape index (κ3) is 6.14. The summed E-state index contributed by atoms with van der Waals surface area (Å²) in [6, 6.07) is 82.8. The Morgan fingerprint density at radius 3 is 1.48 bits per heavy atom. The fourth-order valence-corrected chi connectivity index (χ4v) is 11.1. The van der Waals surface area contributed by atoms with E-state index in [1.807, 2.05) is 0 Å². The monoisotopic (exact) mass is 807 g/mol. The lowest BCUT2D eigenvalue weighted by molar-refractivity contribution is 0.490. The second-order valence-corrected chi connectivity index (χ2v) is 17.0. The first-order chi connectivity index (χ1) is 31.1. The Balaban J connectivity index is 0.928. The number of hydrogen-bond donors (Lipinski definition) is 0. The van der Waals surface area contributed by atoms with Gasteiger partial charge in [-0.05, 0) is 127 Å². The molecule has 0 amide bonds. The van der Waals surface area contributed by atoms with E-state index in [9.17, 15) is 0 Å². The van der Waals surface area contributed by atoms with Gasteiger partial charge in [-0.15, -0.1) is 0 Å².